The summed E-state index contributed by atoms with van der Waals surface area (Å²) in [6.45, 7) is 5.97. The van der Waals surface area contributed by atoms with Crippen molar-refractivity contribution in [1.29, 1.82) is 0 Å². The highest BCUT2D eigenvalue weighted by molar-refractivity contribution is 8.26. The normalized spacial score (nSPS) is 15.9. The lowest BCUT2D eigenvalue weighted by atomic mass is 10.1. The highest BCUT2D eigenvalue weighted by atomic mass is 32.2. The average Bonchev–Trinajstić information content (AvgIpc) is 3.15. The molecule has 0 spiro atoms. The molecule has 2 N–H and O–H groups in total. The summed E-state index contributed by atoms with van der Waals surface area (Å²) in [4.78, 5) is 14.4. The lowest BCUT2D eigenvalue weighted by Gasteiger charge is -2.10. The highest BCUT2D eigenvalue weighted by Gasteiger charge is 2.31. The minimum atomic E-state index is -0.137. The quantitative estimate of drug-likeness (QED) is 0.350. The molecule has 7 heteroatoms. The van der Waals surface area contributed by atoms with Crippen molar-refractivity contribution in [3.05, 3.63) is 59.2 Å². The molecule has 1 aromatic carbocycles. The van der Waals surface area contributed by atoms with E-state index in [-0.39, 0.29) is 5.91 Å². The third-order valence-electron chi connectivity index (χ3n) is 3.71. The molecule has 0 atom stereocenters. The molecule has 1 aromatic heterocycles. The Bertz CT molecular complexity index is 886. The van der Waals surface area contributed by atoms with Gasteiger partial charge in [0.25, 0.3) is 5.91 Å². The molecular weight excluding hydrogens is 356 g/mol. The van der Waals surface area contributed by atoms with Crippen LogP contribution in [0.1, 0.15) is 11.3 Å². The first-order valence-corrected chi connectivity index (χ1v) is 8.73. The Kier molecular flexibility index (Phi) is 5.08. The monoisotopic (exact) mass is 372 g/mol. The zero-order valence-corrected chi connectivity index (χ0v) is 15.1. The van der Waals surface area contributed by atoms with E-state index >= 15 is 0 Å². The standard InChI is InChI=1S/C18H16N2O3S2/c1-3-8-20-17(21)16(25-18(20)24)10-13-5-7-15(23-13)14-6-4-12(19-22)9-11(14)2/h3-7,9-10,19,22H,1,8H2,2H3/b16-10-. The molecule has 0 saturated carbocycles. The first kappa shape index (κ1) is 17.5. The zero-order chi connectivity index (χ0) is 18.0. The van der Waals surface area contributed by atoms with Crippen LogP contribution in [0, 0.1) is 6.92 Å². The first-order valence-electron chi connectivity index (χ1n) is 7.50. The van der Waals surface area contributed by atoms with E-state index in [0.717, 1.165) is 11.1 Å². The van der Waals surface area contributed by atoms with Gasteiger partial charge in [-0.3, -0.25) is 20.4 Å². The molecule has 1 fully saturated rings. The number of benzene rings is 1. The smallest absolute Gasteiger partial charge is 0.266 e. The van der Waals surface area contributed by atoms with Crippen molar-refractivity contribution in [2.75, 3.05) is 12.0 Å². The molecule has 128 valence electrons. The Hall–Kier alpha value is -2.35. The summed E-state index contributed by atoms with van der Waals surface area (Å²) in [5.74, 6) is 1.13. The molecule has 2 aromatic rings. The van der Waals surface area contributed by atoms with E-state index in [2.05, 4.69) is 12.1 Å². The van der Waals surface area contributed by atoms with E-state index in [4.69, 9.17) is 21.8 Å². The Morgan fingerprint density at radius 2 is 2.20 bits per heavy atom. The van der Waals surface area contributed by atoms with Gasteiger partial charge in [0.2, 0.25) is 0 Å². The molecule has 0 bridgehead atoms. The van der Waals surface area contributed by atoms with Gasteiger partial charge in [0.05, 0.1) is 10.6 Å². The van der Waals surface area contributed by atoms with Crippen LogP contribution < -0.4 is 5.48 Å². The van der Waals surface area contributed by atoms with Gasteiger partial charge in [-0.15, -0.1) is 6.58 Å². The molecule has 25 heavy (non-hydrogen) atoms. The minimum absolute atomic E-state index is 0.137. The fraction of sp³-hybridized carbons (Fsp3) is 0.111. The van der Waals surface area contributed by atoms with Gasteiger partial charge in [0, 0.05) is 18.2 Å². The van der Waals surface area contributed by atoms with Crippen LogP contribution in [-0.4, -0.2) is 26.9 Å². The van der Waals surface area contributed by atoms with Gasteiger partial charge >= 0.3 is 0 Å². The summed E-state index contributed by atoms with van der Waals surface area (Å²) >= 11 is 6.48. The van der Waals surface area contributed by atoms with Crippen LogP contribution in [0.5, 0.6) is 0 Å². The van der Waals surface area contributed by atoms with Crippen LogP contribution in [-0.2, 0) is 4.79 Å². The maximum atomic E-state index is 12.3. The second-order valence-corrected chi connectivity index (χ2v) is 7.10. The number of anilines is 1. The fourth-order valence-corrected chi connectivity index (χ4v) is 3.76. The number of nitrogens with one attached hydrogen (secondary N) is 1. The van der Waals surface area contributed by atoms with E-state index in [9.17, 15) is 4.79 Å². The van der Waals surface area contributed by atoms with Gasteiger partial charge in [-0.25, -0.2) is 0 Å². The van der Waals surface area contributed by atoms with Crippen LogP contribution in [0.4, 0.5) is 5.69 Å². The Labute approximate surface area is 155 Å². The Balaban J connectivity index is 1.86. The SMILES string of the molecule is C=CCN1C(=O)/C(=C/c2ccc(-c3ccc(NO)cc3C)o2)SC1=S. The summed E-state index contributed by atoms with van der Waals surface area (Å²) < 4.78 is 6.38. The maximum absolute atomic E-state index is 12.3. The Morgan fingerprint density at radius 1 is 1.40 bits per heavy atom. The van der Waals surface area contributed by atoms with Crippen molar-refractivity contribution < 1.29 is 14.4 Å². The molecule has 1 aliphatic heterocycles. The molecule has 0 unspecified atom stereocenters. The second kappa shape index (κ2) is 7.26. The van der Waals surface area contributed by atoms with Crippen molar-refractivity contribution in [2.24, 2.45) is 0 Å². The molecule has 0 radical (unpaired) electrons. The predicted molar refractivity (Wildman–Crippen MR) is 104 cm³/mol. The van der Waals surface area contributed by atoms with Crippen molar-refractivity contribution in [3.63, 3.8) is 0 Å². The molecule has 1 aliphatic rings. The number of carbonyl (C=O) groups is 1. The summed E-state index contributed by atoms with van der Waals surface area (Å²) in [5.41, 5.74) is 4.60. The number of hydrogen-bond acceptors (Lipinski definition) is 6. The number of furan rings is 1. The molecule has 1 amide bonds. The topological polar surface area (TPSA) is 65.7 Å². The Morgan fingerprint density at radius 3 is 2.88 bits per heavy atom. The van der Waals surface area contributed by atoms with Crippen LogP contribution in [0.15, 0.2) is 52.3 Å². The fourth-order valence-electron chi connectivity index (χ4n) is 2.50. The number of hydrogen-bond donors (Lipinski definition) is 2. The van der Waals surface area contributed by atoms with E-state index in [1.165, 1.54) is 16.7 Å². The van der Waals surface area contributed by atoms with Crippen molar-refractivity contribution in [3.8, 4) is 11.3 Å². The van der Waals surface area contributed by atoms with E-state index in [1.54, 1.807) is 18.2 Å². The molecule has 1 saturated heterocycles. The van der Waals surface area contributed by atoms with Gasteiger partial charge in [-0.1, -0.05) is 30.1 Å². The number of nitrogens with zero attached hydrogens (tertiary/aromatic N) is 1. The molecule has 2 heterocycles. The number of carbonyl (C=O) groups excluding carboxylic acids is 1. The molecule has 0 aliphatic carbocycles. The van der Waals surface area contributed by atoms with Gasteiger partial charge in [-0.2, -0.15) is 0 Å². The summed E-state index contributed by atoms with van der Waals surface area (Å²) in [5, 5.41) is 8.96. The number of aryl methyl sites for hydroxylation is 1. The maximum Gasteiger partial charge on any atom is 0.266 e. The van der Waals surface area contributed by atoms with Gasteiger partial charge < -0.3 is 4.42 Å². The molecular formula is C18H16N2O3S2. The number of rotatable bonds is 5. The first-order chi connectivity index (χ1) is 12.0. The lowest BCUT2D eigenvalue weighted by molar-refractivity contribution is -0.121. The molecule has 5 nitrogen and oxygen atoms in total. The number of amides is 1. The lowest BCUT2D eigenvalue weighted by Crippen LogP contribution is -2.27. The summed E-state index contributed by atoms with van der Waals surface area (Å²) in [6, 6.07) is 9.10. The van der Waals surface area contributed by atoms with Gasteiger partial charge in [0.1, 0.15) is 15.8 Å². The second-order valence-electron chi connectivity index (χ2n) is 5.42. The van der Waals surface area contributed by atoms with E-state index < -0.39 is 0 Å². The van der Waals surface area contributed by atoms with Crippen LogP contribution >= 0.6 is 24.0 Å². The highest BCUT2D eigenvalue weighted by Crippen LogP contribution is 2.34. The number of thioether (sulfide) groups is 1. The summed E-state index contributed by atoms with van der Waals surface area (Å²) in [6.07, 6.45) is 3.34. The molecule has 3 rings (SSSR count). The minimum Gasteiger partial charge on any atom is -0.457 e. The van der Waals surface area contributed by atoms with E-state index in [1.807, 2.05) is 31.2 Å². The van der Waals surface area contributed by atoms with Gasteiger partial charge in [0.15, 0.2) is 0 Å². The van der Waals surface area contributed by atoms with Gasteiger partial charge in [-0.05, 0) is 42.8 Å². The van der Waals surface area contributed by atoms with Crippen molar-refractivity contribution in [2.45, 2.75) is 6.92 Å². The third-order valence-corrected chi connectivity index (χ3v) is 5.08. The third kappa shape index (κ3) is 3.53. The zero-order valence-electron chi connectivity index (χ0n) is 13.5. The van der Waals surface area contributed by atoms with Crippen LogP contribution in [0.2, 0.25) is 0 Å². The number of thiocarbonyl (C=S) groups is 1. The van der Waals surface area contributed by atoms with Crippen molar-refractivity contribution >= 4 is 46.0 Å². The van der Waals surface area contributed by atoms with Crippen LogP contribution in [0.25, 0.3) is 17.4 Å². The largest absolute Gasteiger partial charge is 0.457 e. The summed E-state index contributed by atoms with van der Waals surface area (Å²) in [7, 11) is 0. The van der Waals surface area contributed by atoms with E-state index in [0.29, 0.717) is 33.0 Å². The van der Waals surface area contributed by atoms with Crippen LogP contribution in [0.3, 0.4) is 0 Å². The van der Waals surface area contributed by atoms with Crippen molar-refractivity contribution in [1.82, 2.24) is 4.90 Å². The predicted octanol–water partition coefficient (Wildman–Crippen LogP) is 4.44. The average molecular weight is 372 g/mol.